The van der Waals surface area contributed by atoms with Crippen molar-refractivity contribution in [2.75, 3.05) is 11.9 Å². The zero-order valence-electron chi connectivity index (χ0n) is 11.5. The Hall–Kier alpha value is -2.26. The molecule has 2 N–H and O–H groups in total. The van der Waals surface area contributed by atoms with Crippen LogP contribution in [0.4, 0.5) is 19.0 Å². The molecule has 0 saturated heterocycles. The minimum absolute atomic E-state index is 0.222. The Morgan fingerprint density at radius 1 is 1.43 bits per heavy atom. The Morgan fingerprint density at radius 2 is 2.05 bits per heavy atom. The standard InChI is InChI=1S/C11H14F3N3O4/c1-4-20-9(19)10(11(12,13)14,15-7(3)18)16-8-5-6(2)21-17-8/h5H,4H2,1-3H3,(H,15,18)(H,16,17). The number of halogens is 3. The fraction of sp³-hybridized carbons (Fsp3) is 0.545. The number of rotatable bonds is 5. The molecular weight excluding hydrogens is 295 g/mol. The lowest BCUT2D eigenvalue weighted by Crippen LogP contribution is -2.69. The molecule has 118 valence electrons. The number of carbonyl (C=O) groups is 2. The van der Waals surface area contributed by atoms with Gasteiger partial charge in [0.25, 0.3) is 0 Å². The second kappa shape index (κ2) is 6.02. The summed E-state index contributed by atoms with van der Waals surface area (Å²) in [5, 5.41) is 6.70. The van der Waals surface area contributed by atoms with E-state index in [2.05, 4.69) is 14.4 Å². The van der Waals surface area contributed by atoms with E-state index in [9.17, 15) is 22.8 Å². The van der Waals surface area contributed by atoms with Crippen molar-refractivity contribution in [2.24, 2.45) is 0 Å². The van der Waals surface area contributed by atoms with Gasteiger partial charge >= 0.3 is 17.8 Å². The van der Waals surface area contributed by atoms with Gasteiger partial charge in [-0.1, -0.05) is 5.16 Å². The van der Waals surface area contributed by atoms with E-state index in [4.69, 9.17) is 0 Å². The van der Waals surface area contributed by atoms with Crippen LogP contribution in [0.25, 0.3) is 0 Å². The molecule has 0 aliphatic carbocycles. The summed E-state index contributed by atoms with van der Waals surface area (Å²) in [5.41, 5.74) is -3.45. The molecule has 1 heterocycles. The van der Waals surface area contributed by atoms with Crippen molar-refractivity contribution in [1.82, 2.24) is 10.5 Å². The van der Waals surface area contributed by atoms with Crippen molar-refractivity contribution in [2.45, 2.75) is 32.6 Å². The maximum atomic E-state index is 13.4. The molecule has 1 aromatic rings. The second-order valence-electron chi connectivity index (χ2n) is 4.10. The molecule has 0 radical (unpaired) electrons. The van der Waals surface area contributed by atoms with E-state index in [-0.39, 0.29) is 18.2 Å². The summed E-state index contributed by atoms with van der Waals surface area (Å²) in [5.74, 6) is -2.92. The van der Waals surface area contributed by atoms with Crippen LogP contribution in [0.1, 0.15) is 19.6 Å². The predicted molar refractivity (Wildman–Crippen MR) is 64.1 cm³/mol. The van der Waals surface area contributed by atoms with Gasteiger partial charge in [-0.25, -0.2) is 4.79 Å². The summed E-state index contributed by atoms with van der Waals surface area (Å²) in [6.07, 6.45) is -5.17. The molecule has 1 unspecified atom stereocenters. The van der Waals surface area contributed by atoms with Crippen molar-refractivity contribution in [3.8, 4) is 0 Å². The Kier molecular flexibility index (Phi) is 4.81. The van der Waals surface area contributed by atoms with Crippen molar-refractivity contribution < 1.29 is 32.0 Å². The van der Waals surface area contributed by atoms with Crippen LogP contribution in [0.3, 0.4) is 0 Å². The second-order valence-corrected chi connectivity index (χ2v) is 4.10. The van der Waals surface area contributed by atoms with E-state index in [0.717, 1.165) is 13.0 Å². The highest BCUT2D eigenvalue weighted by Crippen LogP contribution is 2.33. The molecule has 0 fully saturated rings. The number of nitrogens with one attached hydrogen (secondary N) is 2. The van der Waals surface area contributed by atoms with Gasteiger partial charge in [-0.15, -0.1) is 0 Å². The molecule has 21 heavy (non-hydrogen) atoms. The predicted octanol–water partition coefficient (Wildman–Crippen LogP) is 1.35. The molecule has 7 nitrogen and oxygen atoms in total. The fourth-order valence-corrected chi connectivity index (χ4v) is 1.51. The number of hydrogen-bond acceptors (Lipinski definition) is 6. The number of aromatic nitrogens is 1. The summed E-state index contributed by atoms with van der Waals surface area (Å²) in [7, 11) is 0. The molecular formula is C11H14F3N3O4. The molecule has 10 heteroatoms. The third kappa shape index (κ3) is 3.64. The lowest BCUT2D eigenvalue weighted by atomic mass is 10.1. The van der Waals surface area contributed by atoms with Crippen molar-refractivity contribution in [3.05, 3.63) is 11.8 Å². The van der Waals surface area contributed by atoms with Gasteiger partial charge in [0.1, 0.15) is 5.76 Å². The van der Waals surface area contributed by atoms with Gasteiger partial charge in [0.2, 0.25) is 5.91 Å². The molecule has 0 spiro atoms. The minimum Gasteiger partial charge on any atom is -0.463 e. The van der Waals surface area contributed by atoms with E-state index < -0.39 is 23.7 Å². The highest BCUT2D eigenvalue weighted by molar-refractivity contribution is 5.90. The summed E-state index contributed by atoms with van der Waals surface area (Å²) in [4.78, 5) is 22.9. The quantitative estimate of drug-likeness (QED) is 0.630. The van der Waals surface area contributed by atoms with E-state index in [1.807, 2.05) is 5.32 Å². The monoisotopic (exact) mass is 309 g/mol. The smallest absolute Gasteiger partial charge is 0.441 e. The van der Waals surface area contributed by atoms with Crippen molar-refractivity contribution in [3.63, 3.8) is 0 Å². The maximum Gasteiger partial charge on any atom is 0.441 e. The first kappa shape index (κ1) is 16.8. The van der Waals surface area contributed by atoms with Gasteiger partial charge in [-0.3, -0.25) is 4.79 Å². The van der Waals surface area contributed by atoms with Crippen LogP contribution in [0.2, 0.25) is 0 Å². The summed E-state index contributed by atoms with van der Waals surface area (Å²) in [6.45, 7) is 3.34. The van der Waals surface area contributed by atoms with Gasteiger partial charge in [-0.05, 0) is 13.8 Å². The Bertz CT molecular complexity index is 529. The van der Waals surface area contributed by atoms with Gasteiger partial charge in [0.05, 0.1) is 6.61 Å². The lowest BCUT2D eigenvalue weighted by Gasteiger charge is -2.33. The Balaban J connectivity index is 3.28. The van der Waals surface area contributed by atoms with Crippen LogP contribution in [0.5, 0.6) is 0 Å². The molecule has 1 aromatic heterocycles. The average molecular weight is 309 g/mol. The third-order valence-electron chi connectivity index (χ3n) is 2.31. The summed E-state index contributed by atoms with van der Waals surface area (Å²) < 4.78 is 49.1. The number of aryl methyl sites for hydroxylation is 1. The number of anilines is 1. The molecule has 1 amide bonds. The largest absolute Gasteiger partial charge is 0.463 e. The van der Waals surface area contributed by atoms with Crippen LogP contribution in [0, 0.1) is 6.92 Å². The Morgan fingerprint density at radius 3 is 2.43 bits per heavy atom. The van der Waals surface area contributed by atoms with Crippen LogP contribution < -0.4 is 10.6 Å². The summed E-state index contributed by atoms with van der Waals surface area (Å²) in [6, 6.07) is 1.14. The number of ether oxygens (including phenoxy) is 1. The Labute approximate surface area is 117 Å². The van der Waals surface area contributed by atoms with Crippen LogP contribution in [-0.4, -0.2) is 35.5 Å². The highest BCUT2D eigenvalue weighted by Gasteiger charge is 2.63. The maximum absolute atomic E-state index is 13.4. The SMILES string of the molecule is CCOC(=O)C(NC(C)=O)(Nc1cc(C)on1)C(F)(F)F. The minimum atomic E-state index is -5.17. The van der Waals surface area contributed by atoms with Gasteiger partial charge in [-0.2, -0.15) is 13.2 Å². The molecule has 0 aromatic carbocycles. The molecule has 1 rings (SSSR count). The highest BCUT2D eigenvalue weighted by atomic mass is 19.4. The van der Waals surface area contributed by atoms with Crippen LogP contribution in [-0.2, 0) is 14.3 Å². The van der Waals surface area contributed by atoms with E-state index in [0.29, 0.717) is 0 Å². The van der Waals surface area contributed by atoms with E-state index in [1.54, 1.807) is 5.32 Å². The normalized spacial score (nSPS) is 14.2. The topological polar surface area (TPSA) is 93.5 Å². The van der Waals surface area contributed by atoms with Crippen LogP contribution in [0.15, 0.2) is 10.6 Å². The number of alkyl halides is 3. The molecule has 0 aliphatic rings. The van der Waals surface area contributed by atoms with E-state index >= 15 is 0 Å². The number of carbonyl (C=O) groups excluding carboxylic acids is 2. The average Bonchev–Trinajstić information content (AvgIpc) is 2.72. The molecule has 0 saturated carbocycles. The van der Waals surface area contributed by atoms with Gasteiger partial charge in [0, 0.05) is 13.0 Å². The molecule has 0 aliphatic heterocycles. The number of hydrogen-bond donors (Lipinski definition) is 2. The number of esters is 1. The first-order valence-corrected chi connectivity index (χ1v) is 5.86. The first-order valence-electron chi connectivity index (χ1n) is 5.86. The van der Waals surface area contributed by atoms with Crippen LogP contribution >= 0.6 is 0 Å². The van der Waals surface area contributed by atoms with E-state index in [1.165, 1.54) is 13.8 Å². The zero-order valence-corrected chi connectivity index (χ0v) is 11.5. The van der Waals surface area contributed by atoms with Crippen molar-refractivity contribution >= 4 is 17.7 Å². The zero-order chi connectivity index (χ0) is 16.3. The lowest BCUT2D eigenvalue weighted by molar-refractivity contribution is -0.207. The van der Waals surface area contributed by atoms with Gasteiger partial charge in [0.15, 0.2) is 5.82 Å². The fourth-order valence-electron chi connectivity index (χ4n) is 1.51. The number of nitrogens with zero attached hydrogens (tertiary/aromatic N) is 1. The first-order chi connectivity index (χ1) is 9.62. The molecule has 1 atom stereocenters. The van der Waals surface area contributed by atoms with Crippen molar-refractivity contribution in [1.29, 1.82) is 0 Å². The molecule has 0 bridgehead atoms. The summed E-state index contributed by atoms with van der Waals surface area (Å²) >= 11 is 0. The number of amides is 1. The third-order valence-corrected chi connectivity index (χ3v) is 2.31. The van der Waals surface area contributed by atoms with Gasteiger partial charge < -0.3 is 19.9 Å².